The summed E-state index contributed by atoms with van der Waals surface area (Å²) in [5, 5.41) is 2.99. The van der Waals surface area contributed by atoms with Gasteiger partial charge >= 0.3 is 0 Å². The van der Waals surface area contributed by atoms with Crippen molar-refractivity contribution in [2.24, 2.45) is 0 Å². The summed E-state index contributed by atoms with van der Waals surface area (Å²) in [4.78, 5) is 12.7. The molecule has 1 atom stereocenters. The van der Waals surface area contributed by atoms with Crippen LogP contribution in [0.3, 0.4) is 0 Å². The molecule has 168 valence electrons. The second kappa shape index (κ2) is 10.1. The van der Waals surface area contributed by atoms with Crippen LogP contribution in [-0.2, 0) is 10.0 Å². The third-order valence-corrected chi connectivity index (χ3v) is 6.85. The van der Waals surface area contributed by atoms with Gasteiger partial charge in [0.15, 0.2) is 0 Å². The van der Waals surface area contributed by atoms with Gasteiger partial charge < -0.3 is 10.1 Å². The highest BCUT2D eigenvalue weighted by Gasteiger charge is 2.22. The van der Waals surface area contributed by atoms with Gasteiger partial charge in [0.25, 0.3) is 15.9 Å². The van der Waals surface area contributed by atoms with Crippen molar-refractivity contribution in [1.29, 1.82) is 0 Å². The molecular weight excluding hydrogens is 448 g/mol. The van der Waals surface area contributed by atoms with Gasteiger partial charge in [0, 0.05) is 11.3 Å². The fourth-order valence-electron chi connectivity index (χ4n) is 3.27. The van der Waals surface area contributed by atoms with E-state index < -0.39 is 15.9 Å². The first-order valence-corrected chi connectivity index (χ1v) is 11.9. The van der Waals surface area contributed by atoms with Crippen LogP contribution in [0.1, 0.15) is 40.9 Å². The summed E-state index contributed by atoms with van der Waals surface area (Å²) in [6, 6.07) is 18.4. The van der Waals surface area contributed by atoms with E-state index in [0.717, 1.165) is 16.9 Å². The Morgan fingerprint density at radius 3 is 2.41 bits per heavy atom. The van der Waals surface area contributed by atoms with Crippen LogP contribution in [0.15, 0.2) is 71.6 Å². The molecule has 3 aromatic rings. The highest BCUT2D eigenvalue weighted by Crippen LogP contribution is 2.26. The zero-order valence-electron chi connectivity index (χ0n) is 18.1. The second-order valence-electron chi connectivity index (χ2n) is 7.33. The Bertz CT molecular complexity index is 1210. The Balaban J connectivity index is 1.84. The number of benzene rings is 3. The van der Waals surface area contributed by atoms with Gasteiger partial charge in [-0.2, -0.15) is 0 Å². The molecule has 32 heavy (non-hydrogen) atoms. The zero-order chi connectivity index (χ0) is 23.3. The minimum Gasteiger partial charge on any atom is -0.497 e. The van der Waals surface area contributed by atoms with Gasteiger partial charge in [-0.1, -0.05) is 42.8 Å². The summed E-state index contributed by atoms with van der Waals surface area (Å²) in [5.41, 5.74) is 2.45. The molecule has 0 aliphatic heterocycles. The van der Waals surface area contributed by atoms with E-state index in [1.165, 1.54) is 18.2 Å². The van der Waals surface area contributed by atoms with Crippen LogP contribution in [0.5, 0.6) is 5.75 Å². The summed E-state index contributed by atoms with van der Waals surface area (Å²) in [7, 11) is -2.40. The summed E-state index contributed by atoms with van der Waals surface area (Å²) in [6.45, 7) is 3.82. The fraction of sp³-hybridized carbons (Fsp3) is 0.208. The number of aryl methyl sites for hydroxylation is 1. The van der Waals surface area contributed by atoms with Crippen LogP contribution in [0.4, 0.5) is 5.69 Å². The minimum atomic E-state index is -3.99. The molecule has 1 amide bonds. The molecule has 8 heteroatoms. The number of ether oxygens (including phenoxy) is 1. The number of carbonyl (C=O) groups excluding carboxylic acids is 1. The van der Waals surface area contributed by atoms with Gasteiger partial charge in [-0.15, -0.1) is 0 Å². The van der Waals surface area contributed by atoms with E-state index in [-0.39, 0.29) is 21.5 Å². The first-order chi connectivity index (χ1) is 15.2. The maximum atomic E-state index is 12.9. The molecule has 0 saturated carbocycles. The Kier molecular flexibility index (Phi) is 7.43. The highest BCUT2D eigenvalue weighted by atomic mass is 35.5. The summed E-state index contributed by atoms with van der Waals surface area (Å²) in [5.74, 6) is 0.333. The van der Waals surface area contributed by atoms with Crippen molar-refractivity contribution < 1.29 is 17.9 Å². The van der Waals surface area contributed by atoms with Crippen LogP contribution >= 0.6 is 11.6 Å². The van der Waals surface area contributed by atoms with Crippen LogP contribution in [0.25, 0.3) is 0 Å². The van der Waals surface area contributed by atoms with E-state index in [1.54, 1.807) is 25.3 Å². The molecule has 0 heterocycles. The SMILES string of the molecule is CCC(NC(=O)c1ccc(Cl)c(S(=O)(=O)Nc2cccc(C)c2)c1)c1ccc(OC)cc1. The topological polar surface area (TPSA) is 84.5 Å². The predicted octanol–water partition coefficient (Wildman–Crippen LogP) is 5.34. The Morgan fingerprint density at radius 1 is 1.06 bits per heavy atom. The Hall–Kier alpha value is -3.03. The van der Waals surface area contributed by atoms with E-state index in [4.69, 9.17) is 16.3 Å². The Morgan fingerprint density at radius 2 is 1.78 bits per heavy atom. The van der Waals surface area contributed by atoms with Crippen molar-refractivity contribution in [2.75, 3.05) is 11.8 Å². The molecule has 0 spiro atoms. The number of hydrogen-bond donors (Lipinski definition) is 2. The van der Waals surface area contributed by atoms with Crippen molar-refractivity contribution in [2.45, 2.75) is 31.2 Å². The van der Waals surface area contributed by atoms with Crippen molar-refractivity contribution >= 4 is 33.2 Å². The second-order valence-corrected chi connectivity index (χ2v) is 9.39. The standard InChI is InChI=1S/C24H25ClN2O4S/c1-4-22(17-8-11-20(31-3)12-9-17)26-24(28)18-10-13-21(25)23(15-18)32(29,30)27-19-7-5-6-16(2)14-19/h5-15,22,27H,4H2,1-3H3,(H,26,28). The number of hydrogen-bond acceptors (Lipinski definition) is 4. The maximum absolute atomic E-state index is 12.9. The lowest BCUT2D eigenvalue weighted by Gasteiger charge is -2.18. The third-order valence-electron chi connectivity index (χ3n) is 4.98. The molecule has 0 radical (unpaired) electrons. The smallest absolute Gasteiger partial charge is 0.263 e. The van der Waals surface area contributed by atoms with Crippen molar-refractivity contribution in [3.63, 3.8) is 0 Å². The lowest BCUT2D eigenvalue weighted by molar-refractivity contribution is 0.0935. The number of halogens is 1. The molecule has 0 fully saturated rings. The number of amides is 1. The van der Waals surface area contributed by atoms with Gasteiger partial charge in [-0.3, -0.25) is 9.52 Å². The normalized spacial score (nSPS) is 12.1. The van der Waals surface area contributed by atoms with Crippen LogP contribution in [-0.4, -0.2) is 21.4 Å². The van der Waals surface area contributed by atoms with Gasteiger partial charge in [0.1, 0.15) is 10.6 Å². The number of methoxy groups -OCH3 is 1. The molecule has 3 aromatic carbocycles. The number of carbonyl (C=O) groups is 1. The Labute approximate surface area is 193 Å². The van der Waals surface area contributed by atoms with Crippen molar-refractivity contribution in [1.82, 2.24) is 5.32 Å². The van der Waals surface area contributed by atoms with Crippen LogP contribution < -0.4 is 14.8 Å². The zero-order valence-corrected chi connectivity index (χ0v) is 19.6. The molecule has 6 nitrogen and oxygen atoms in total. The van der Waals surface area contributed by atoms with Crippen LogP contribution in [0.2, 0.25) is 5.02 Å². The lowest BCUT2D eigenvalue weighted by atomic mass is 10.0. The van der Waals surface area contributed by atoms with Gasteiger partial charge in [0.2, 0.25) is 0 Å². The predicted molar refractivity (Wildman–Crippen MR) is 127 cm³/mol. The molecule has 0 aliphatic rings. The first kappa shape index (κ1) is 23.6. The molecule has 1 unspecified atom stereocenters. The van der Waals surface area contributed by atoms with E-state index >= 15 is 0 Å². The summed E-state index contributed by atoms with van der Waals surface area (Å²) < 4.78 is 33.6. The molecular formula is C24H25ClN2O4S. The van der Waals surface area contributed by atoms with Crippen molar-refractivity contribution in [3.8, 4) is 5.75 Å². The van der Waals surface area contributed by atoms with Crippen LogP contribution in [0, 0.1) is 6.92 Å². The van der Waals surface area contributed by atoms with Gasteiger partial charge in [-0.05, 0) is 66.9 Å². The number of sulfonamides is 1. The molecule has 0 saturated heterocycles. The first-order valence-electron chi connectivity index (χ1n) is 10.1. The van der Waals surface area contributed by atoms with E-state index in [9.17, 15) is 13.2 Å². The largest absolute Gasteiger partial charge is 0.497 e. The third kappa shape index (κ3) is 5.60. The van der Waals surface area contributed by atoms with E-state index in [0.29, 0.717) is 12.1 Å². The molecule has 0 aliphatic carbocycles. The van der Waals surface area contributed by atoms with Gasteiger partial charge in [-0.25, -0.2) is 8.42 Å². The highest BCUT2D eigenvalue weighted by molar-refractivity contribution is 7.92. The minimum absolute atomic E-state index is 0.0314. The molecule has 0 aromatic heterocycles. The fourth-order valence-corrected chi connectivity index (χ4v) is 4.84. The number of nitrogens with one attached hydrogen (secondary N) is 2. The van der Waals surface area contributed by atoms with Gasteiger partial charge in [0.05, 0.1) is 18.2 Å². The average Bonchev–Trinajstić information content (AvgIpc) is 2.77. The monoisotopic (exact) mass is 472 g/mol. The maximum Gasteiger partial charge on any atom is 0.263 e. The summed E-state index contributed by atoms with van der Waals surface area (Å²) >= 11 is 6.18. The average molecular weight is 473 g/mol. The number of rotatable bonds is 8. The van der Waals surface area contributed by atoms with Crippen molar-refractivity contribution in [3.05, 3.63) is 88.4 Å². The molecule has 0 bridgehead atoms. The summed E-state index contributed by atoms with van der Waals surface area (Å²) in [6.07, 6.45) is 0.658. The van der Waals surface area contributed by atoms with E-state index in [2.05, 4.69) is 10.0 Å². The lowest BCUT2D eigenvalue weighted by Crippen LogP contribution is -2.28. The van der Waals surface area contributed by atoms with E-state index in [1.807, 2.05) is 44.2 Å². The molecule has 2 N–H and O–H groups in total. The number of anilines is 1. The molecule has 3 rings (SSSR count). The quantitative estimate of drug-likeness (QED) is 0.463.